The largest absolute Gasteiger partial charge is 0.462 e. The highest BCUT2D eigenvalue weighted by Gasteiger charge is 1.86. The number of ether oxygens (including phenoxy) is 1. The van der Waals surface area contributed by atoms with Crippen molar-refractivity contribution in [1.29, 1.82) is 0 Å². The van der Waals surface area contributed by atoms with E-state index in [2.05, 4.69) is 27.3 Å². The van der Waals surface area contributed by atoms with Gasteiger partial charge in [-0.2, -0.15) is 0 Å². The summed E-state index contributed by atoms with van der Waals surface area (Å²) in [5, 5.41) is 0. The van der Waals surface area contributed by atoms with Crippen LogP contribution in [0.2, 0.25) is 0 Å². The molecule has 0 rings (SSSR count). The van der Waals surface area contributed by atoms with E-state index in [4.69, 9.17) is 0 Å². The molecule has 0 aromatic rings. The minimum atomic E-state index is -0.232. The van der Waals surface area contributed by atoms with Crippen molar-refractivity contribution in [2.24, 2.45) is 0 Å². The SMILES string of the molecule is CC(=O)OC/C=C(\C)I. The van der Waals surface area contributed by atoms with E-state index < -0.39 is 0 Å². The van der Waals surface area contributed by atoms with Crippen LogP contribution in [0, 0.1) is 0 Å². The Kier molecular flexibility index (Phi) is 4.75. The van der Waals surface area contributed by atoms with Crippen LogP contribution in [0.5, 0.6) is 0 Å². The van der Waals surface area contributed by atoms with Crippen molar-refractivity contribution in [2.75, 3.05) is 6.61 Å². The number of esters is 1. The van der Waals surface area contributed by atoms with Crippen LogP contribution in [0.15, 0.2) is 9.66 Å². The lowest BCUT2D eigenvalue weighted by Gasteiger charge is -1.93. The third-order valence-corrected chi connectivity index (χ3v) is 1.09. The number of hydrogen-bond donors (Lipinski definition) is 0. The third kappa shape index (κ3) is 7.94. The van der Waals surface area contributed by atoms with Crippen LogP contribution >= 0.6 is 22.6 Å². The minimum absolute atomic E-state index is 0.232. The standard InChI is InChI=1S/C6H9IO2/c1-5(7)3-4-9-6(2)8/h3H,4H2,1-2H3/b5-3+. The molecule has 0 fully saturated rings. The van der Waals surface area contributed by atoms with Crippen LogP contribution in [0.4, 0.5) is 0 Å². The van der Waals surface area contributed by atoms with Gasteiger partial charge in [-0.3, -0.25) is 4.79 Å². The molecule has 0 aromatic heterocycles. The number of rotatable bonds is 2. The molecule has 0 N–H and O–H groups in total. The fourth-order valence-electron chi connectivity index (χ4n) is 0.274. The predicted molar refractivity (Wildman–Crippen MR) is 44.4 cm³/mol. The highest BCUT2D eigenvalue weighted by atomic mass is 127. The molecule has 0 aliphatic heterocycles. The van der Waals surface area contributed by atoms with Gasteiger partial charge in [0.25, 0.3) is 0 Å². The first-order valence-corrected chi connectivity index (χ1v) is 3.66. The van der Waals surface area contributed by atoms with Gasteiger partial charge < -0.3 is 4.74 Å². The molecule has 52 valence electrons. The van der Waals surface area contributed by atoms with E-state index in [0.29, 0.717) is 6.61 Å². The predicted octanol–water partition coefficient (Wildman–Crippen LogP) is 1.89. The Morgan fingerprint density at radius 1 is 1.67 bits per heavy atom. The first-order valence-electron chi connectivity index (χ1n) is 2.58. The number of allylic oxidation sites excluding steroid dienone is 1. The molecule has 0 heterocycles. The van der Waals surface area contributed by atoms with Crippen LogP contribution in [0.25, 0.3) is 0 Å². The zero-order valence-electron chi connectivity index (χ0n) is 5.48. The Morgan fingerprint density at radius 3 is 2.56 bits per heavy atom. The van der Waals surface area contributed by atoms with Gasteiger partial charge in [0.2, 0.25) is 0 Å². The summed E-state index contributed by atoms with van der Waals surface area (Å²) >= 11 is 2.16. The van der Waals surface area contributed by atoms with Gasteiger partial charge in [-0.25, -0.2) is 0 Å². The van der Waals surface area contributed by atoms with Crippen LogP contribution in [-0.2, 0) is 9.53 Å². The molecule has 0 amide bonds. The third-order valence-electron chi connectivity index (χ3n) is 0.651. The van der Waals surface area contributed by atoms with Crippen molar-refractivity contribution >= 4 is 28.6 Å². The summed E-state index contributed by atoms with van der Waals surface area (Å²) in [4.78, 5) is 10.2. The minimum Gasteiger partial charge on any atom is -0.462 e. The van der Waals surface area contributed by atoms with E-state index in [1.165, 1.54) is 6.92 Å². The Bertz CT molecular complexity index is 125. The molecule has 0 radical (unpaired) electrons. The molecular formula is C6H9IO2. The molecule has 0 spiro atoms. The smallest absolute Gasteiger partial charge is 0.302 e. The normalized spacial score (nSPS) is 11.2. The van der Waals surface area contributed by atoms with Crippen molar-refractivity contribution in [2.45, 2.75) is 13.8 Å². The van der Waals surface area contributed by atoms with Crippen LogP contribution in [0.1, 0.15) is 13.8 Å². The van der Waals surface area contributed by atoms with E-state index in [9.17, 15) is 4.79 Å². The molecule has 3 heteroatoms. The van der Waals surface area contributed by atoms with Crippen molar-refractivity contribution in [3.63, 3.8) is 0 Å². The van der Waals surface area contributed by atoms with Gasteiger partial charge in [-0.1, -0.05) is 0 Å². The second kappa shape index (κ2) is 4.78. The Morgan fingerprint density at radius 2 is 2.22 bits per heavy atom. The van der Waals surface area contributed by atoms with Crippen LogP contribution in [0.3, 0.4) is 0 Å². The second-order valence-corrected chi connectivity index (χ2v) is 3.30. The Labute approximate surface area is 68.4 Å². The van der Waals surface area contributed by atoms with Gasteiger partial charge in [0.05, 0.1) is 0 Å². The average Bonchev–Trinajstić information content (AvgIpc) is 1.63. The molecular weight excluding hydrogens is 231 g/mol. The zero-order chi connectivity index (χ0) is 7.28. The number of hydrogen-bond acceptors (Lipinski definition) is 2. The lowest BCUT2D eigenvalue weighted by molar-refractivity contribution is -0.139. The molecule has 0 unspecified atom stereocenters. The highest BCUT2D eigenvalue weighted by Crippen LogP contribution is 2.01. The van der Waals surface area contributed by atoms with E-state index in [-0.39, 0.29) is 5.97 Å². The monoisotopic (exact) mass is 240 g/mol. The van der Waals surface area contributed by atoms with E-state index in [1.807, 2.05) is 13.0 Å². The highest BCUT2D eigenvalue weighted by molar-refractivity contribution is 14.1. The number of carbonyl (C=O) groups is 1. The van der Waals surface area contributed by atoms with Gasteiger partial charge in [0.1, 0.15) is 6.61 Å². The summed E-state index contributed by atoms with van der Waals surface area (Å²) in [6, 6.07) is 0. The van der Waals surface area contributed by atoms with Crippen molar-refractivity contribution in [1.82, 2.24) is 0 Å². The fourth-order valence-corrected chi connectivity index (χ4v) is 0.454. The van der Waals surface area contributed by atoms with Gasteiger partial charge >= 0.3 is 5.97 Å². The first kappa shape index (κ1) is 8.94. The van der Waals surface area contributed by atoms with Gasteiger partial charge in [0.15, 0.2) is 0 Å². The van der Waals surface area contributed by atoms with Gasteiger partial charge in [-0.15, -0.1) is 0 Å². The Balaban J connectivity index is 3.31. The maximum atomic E-state index is 10.2. The van der Waals surface area contributed by atoms with Crippen molar-refractivity contribution in [3.8, 4) is 0 Å². The lowest BCUT2D eigenvalue weighted by atomic mass is 10.5. The molecule has 0 aromatic carbocycles. The lowest BCUT2D eigenvalue weighted by Crippen LogP contribution is -1.97. The maximum absolute atomic E-state index is 10.2. The molecule has 2 nitrogen and oxygen atoms in total. The topological polar surface area (TPSA) is 26.3 Å². The van der Waals surface area contributed by atoms with Crippen LogP contribution in [-0.4, -0.2) is 12.6 Å². The zero-order valence-corrected chi connectivity index (χ0v) is 7.64. The van der Waals surface area contributed by atoms with Crippen molar-refractivity contribution < 1.29 is 9.53 Å². The summed E-state index contributed by atoms with van der Waals surface area (Å²) in [6.45, 7) is 3.74. The van der Waals surface area contributed by atoms with E-state index >= 15 is 0 Å². The average molecular weight is 240 g/mol. The number of halogens is 1. The summed E-state index contributed by atoms with van der Waals surface area (Å²) in [5.74, 6) is -0.232. The first-order chi connectivity index (χ1) is 4.13. The number of carbonyl (C=O) groups excluding carboxylic acids is 1. The molecule has 0 atom stereocenters. The molecule has 0 saturated heterocycles. The Hall–Kier alpha value is -0.0600. The van der Waals surface area contributed by atoms with Gasteiger partial charge in [-0.05, 0) is 39.2 Å². The van der Waals surface area contributed by atoms with Crippen molar-refractivity contribution in [3.05, 3.63) is 9.66 Å². The summed E-state index contributed by atoms with van der Waals surface area (Å²) in [6.07, 6.45) is 1.85. The van der Waals surface area contributed by atoms with Crippen LogP contribution < -0.4 is 0 Å². The van der Waals surface area contributed by atoms with Gasteiger partial charge in [0, 0.05) is 6.92 Å². The second-order valence-electron chi connectivity index (χ2n) is 1.59. The molecule has 9 heavy (non-hydrogen) atoms. The molecule has 0 aliphatic carbocycles. The summed E-state index contributed by atoms with van der Waals surface area (Å²) in [7, 11) is 0. The molecule has 0 bridgehead atoms. The maximum Gasteiger partial charge on any atom is 0.302 e. The fraction of sp³-hybridized carbons (Fsp3) is 0.500. The van der Waals surface area contributed by atoms with E-state index in [1.54, 1.807) is 0 Å². The quantitative estimate of drug-likeness (QED) is 0.544. The summed E-state index contributed by atoms with van der Waals surface area (Å²) < 4.78 is 5.77. The van der Waals surface area contributed by atoms with E-state index in [0.717, 1.165) is 3.58 Å². The molecule has 0 aliphatic rings. The molecule has 0 saturated carbocycles. The summed E-state index contributed by atoms with van der Waals surface area (Å²) in [5.41, 5.74) is 0.